The van der Waals surface area contributed by atoms with Crippen LogP contribution >= 0.6 is 0 Å². The standard InChI is InChI=1S/C13H20N4O/c1-13(2)5-3-9(4-6-13)18-12-10(11(14)15)16-7-8-17-12/h7-9H,3-6H2,1-2H3,(H3,14,15). The van der Waals surface area contributed by atoms with E-state index in [0.29, 0.717) is 17.0 Å². The Kier molecular flexibility index (Phi) is 3.50. The van der Waals surface area contributed by atoms with Crippen molar-refractivity contribution in [1.82, 2.24) is 9.97 Å². The molecule has 98 valence electrons. The maximum atomic E-state index is 7.45. The molecule has 1 aromatic rings. The lowest BCUT2D eigenvalue weighted by Crippen LogP contribution is -2.29. The summed E-state index contributed by atoms with van der Waals surface area (Å²) >= 11 is 0. The minimum absolute atomic E-state index is 0.103. The zero-order valence-electron chi connectivity index (χ0n) is 10.9. The highest BCUT2D eigenvalue weighted by Crippen LogP contribution is 2.36. The van der Waals surface area contributed by atoms with Crippen molar-refractivity contribution < 1.29 is 4.74 Å². The van der Waals surface area contributed by atoms with Crippen molar-refractivity contribution in [3.63, 3.8) is 0 Å². The molecule has 0 unspecified atom stereocenters. The molecule has 1 aliphatic carbocycles. The SMILES string of the molecule is CC1(C)CCC(Oc2nccnc2C(=N)N)CC1. The Morgan fingerprint density at radius 1 is 1.33 bits per heavy atom. The molecule has 3 N–H and O–H groups in total. The van der Waals surface area contributed by atoms with Gasteiger partial charge in [0.25, 0.3) is 0 Å². The van der Waals surface area contributed by atoms with E-state index >= 15 is 0 Å². The maximum Gasteiger partial charge on any atom is 0.244 e. The van der Waals surface area contributed by atoms with Crippen molar-refractivity contribution in [1.29, 1.82) is 5.41 Å². The summed E-state index contributed by atoms with van der Waals surface area (Å²) in [7, 11) is 0. The molecule has 5 nitrogen and oxygen atoms in total. The largest absolute Gasteiger partial charge is 0.473 e. The van der Waals surface area contributed by atoms with Crippen LogP contribution in [0.2, 0.25) is 0 Å². The van der Waals surface area contributed by atoms with Crippen molar-refractivity contribution in [2.45, 2.75) is 45.6 Å². The third-order valence-corrected chi connectivity index (χ3v) is 3.48. The van der Waals surface area contributed by atoms with Gasteiger partial charge in [-0.25, -0.2) is 9.97 Å². The Bertz CT molecular complexity index is 434. The Hall–Kier alpha value is -1.65. The molecule has 0 bridgehead atoms. The molecule has 0 saturated heterocycles. The van der Waals surface area contributed by atoms with Crippen LogP contribution in [0.25, 0.3) is 0 Å². The predicted octanol–water partition coefficient (Wildman–Crippen LogP) is 2.11. The Balaban J connectivity index is 2.04. The number of hydrogen-bond acceptors (Lipinski definition) is 4. The minimum atomic E-state index is -0.103. The molecule has 5 heteroatoms. The normalized spacial score (nSPS) is 19.4. The highest BCUT2D eigenvalue weighted by molar-refractivity contribution is 5.94. The predicted molar refractivity (Wildman–Crippen MR) is 69.7 cm³/mol. The monoisotopic (exact) mass is 248 g/mol. The van der Waals surface area contributed by atoms with Crippen LogP contribution < -0.4 is 10.5 Å². The molecule has 1 aromatic heterocycles. The molecule has 0 aromatic carbocycles. The first-order valence-electron chi connectivity index (χ1n) is 6.30. The van der Waals surface area contributed by atoms with Crippen LogP contribution in [0.1, 0.15) is 45.2 Å². The minimum Gasteiger partial charge on any atom is -0.473 e. The zero-order valence-corrected chi connectivity index (χ0v) is 10.9. The van der Waals surface area contributed by atoms with E-state index in [-0.39, 0.29) is 11.9 Å². The summed E-state index contributed by atoms with van der Waals surface area (Å²) in [5, 5.41) is 7.45. The molecule has 0 atom stereocenters. The molecule has 18 heavy (non-hydrogen) atoms. The van der Waals surface area contributed by atoms with Crippen molar-refractivity contribution in [3.8, 4) is 5.88 Å². The van der Waals surface area contributed by atoms with Gasteiger partial charge in [0.2, 0.25) is 5.88 Å². The van der Waals surface area contributed by atoms with E-state index in [2.05, 4.69) is 23.8 Å². The van der Waals surface area contributed by atoms with Gasteiger partial charge < -0.3 is 10.5 Å². The number of nitrogens with two attached hydrogens (primary N) is 1. The second-order valence-corrected chi connectivity index (χ2v) is 5.61. The van der Waals surface area contributed by atoms with Crippen LogP contribution in [-0.2, 0) is 0 Å². The summed E-state index contributed by atoms with van der Waals surface area (Å²) < 4.78 is 5.85. The van der Waals surface area contributed by atoms with Crippen LogP contribution in [0.15, 0.2) is 12.4 Å². The summed E-state index contributed by atoms with van der Waals surface area (Å²) in [6, 6.07) is 0. The van der Waals surface area contributed by atoms with E-state index < -0.39 is 0 Å². The van der Waals surface area contributed by atoms with E-state index in [1.807, 2.05) is 0 Å². The number of rotatable bonds is 3. The van der Waals surface area contributed by atoms with Crippen LogP contribution in [0.5, 0.6) is 5.88 Å². The van der Waals surface area contributed by atoms with Gasteiger partial charge >= 0.3 is 0 Å². The van der Waals surface area contributed by atoms with Crippen molar-refractivity contribution >= 4 is 5.84 Å². The summed E-state index contributed by atoms with van der Waals surface area (Å²) in [6.45, 7) is 4.57. The lowest BCUT2D eigenvalue weighted by Gasteiger charge is -2.34. The fraction of sp³-hybridized carbons (Fsp3) is 0.615. The van der Waals surface area contributed by atoms with Gasteiger partial charge in [-0.3, -0.25) is 5.41 Å². The highest BCUT2D eigenvalue weighted by atomic mass is 16.5. The molecule has 0 radical (unpaired) electrons. The average molecular weight is 248 g/mol. The first-order chi connectivity index (χ1) is 8.48. The zero-order chi connectivity index (χ0) is 13.2. The van der Waals surface area contributed by atoms with Gasteiger partial charge in [0, 0.05) is 12.4 Å². The second-order valence-electron chi connectivity index (χ2n) is 5.61. The third-order valence-electron chi connectivity index (χ3n) is 3.48. The first kappa shape index (κ1) is 12.8. The van der Waals surface area contributed by atoms with Crippen LogP contribution in [-0.4, -0.2) is 21.9 Å². The van der Waals surface area contributed by atoms with Gasteiger partial charge in [-0.05, 0) is 31.1 Å². The molecule has 2 rings (SSSR count). The Morgan fingerprint density at radius 2 is 1.94 bits per heavy atom. The molecule has 0 aliphatic heterocycles. The van der Waals surface area contributed by atoms with Gasteiger partial charge in [-0.15, -0.1) is 0 Å². The molecular weight excluding hydrogens is 228 g/mol. The summed E-state index contributed by atoms with van der Waals surface area (Å²) in [6.07, 6.45) is 7.57. The van der Waals surface area contributed by atoms with Crippen molar-refractivity contribution in [2.75, 3.05) is 0 Å². The maximum absolute atomic E-state index is 7.45. The van der Waals surface area contributed by atoms with Crippen molar-refractivity contribution in [2.24, 2.45) is 11.1 Å². The molecule has 0 spiro atoms. The number of amidine groups is 1. The molecule has 1 saturated carbocycles. The first-order valence-corrected chi connectivity index (χ1v) is 6.30. The van der Waals surface area contributed by atoms with Crippen LogP contribution in [0.3, 0.4) is 0 Å². The topological polar surface area (TPSA) is 84.9 Å². The summed E-state index contributed by atoms with van der Waals surface area (Å²) in [5.74, 6) is 0.281. The van der Waals surface area contributed by atoms with Gasteiger partial charge in [-0.2, -0.15) is 0 Å². The number of nitrogen functional groups attached to an aromatic ring is 1. The van der Waals surface area contributed by atoms with Crippen molar-refractivity contribution in [3.05, 3.63) is 18.1 Å². The van der Waals surface area contributed by atoms with E-state index in [1.54, 1.807) is 6.20 Å². The quantitative estimate of drug-likeness (QED) is 0.633. The van der Waals surface area contributed by atoms with Gasteiger partial charge in [0.15, 0.2) is 5.69 Å². The second kappa shape index (κ2) is 4.92. The highest BCUT2D eigenvalue weighted by Gasteiger charge is 2.28. The van der Waals surface area contributed by atoms with Crippen LogP contribution in [0.4, 0.5) is 0 Å². The molecule has 1 heterocycles. The Morgan fingerprint density at radius 3 is 2.56 bits per heavy atom. The van der Waals surface area contributed by atoms with E-state index in [4.69, 9.17) is 15.9 Å². The lowest BCUT2D eigenvalue weighted by molar-refractivity contribution is 0.0943. The van der Waals surface area contributed by atoms with Gasteiger partial charge in [-0.1, -0.05) is 13.8 Å². The van der Waals surface area contributed by atoms with Crippen LogP contribution in [0, 0.1) is 10.8 Å². The lowest BCUT2D eigenvalue weighted by atomic mass is 9.76. The molecule has 0 amide bonds. The Labute approximate surface area is 107 Å². The van der Waals surface area contributed by atoms with Gasteiger partial charge in [0.05, 0.1) is 0 Å². The van der Waals surface area contributed by atoms with E-state index in [9.17, 15) is 0 Å². The third kappa shape index (κ3) is 2.97. The fourth-order valence-corrected chi connectivity index (χ4v) is 2.24. The van der Waals surface area contributed by atoms with Gasteiger partial charge in [0.1, 0.15) is 11.9 Å². The summed E-state index contributed by atoms with van der Waals surface area (Å²) in [5.41, 5.74) is 6.21. The molecule has 1 aliphatic rings. The average Bonchev–Trinajstić information content (AvgIpc) is 2.32. The number of hydrogen-bond donors (Lipinski definition) is 2. The van der Waals surface area contributed by atoms with E-state index in [1.165, 1.54) is 6.20 Å². The number of ether oxygens (including phenoxy) is 1. The smallest absolute Gasteiger partial charge is 0.244 e. The number of aromatic nitrogens is 2. The molecular formula is C13H20N4O. The number of nitrogens with zero attached hydrogens (tertiary/aromatic N) is 2. The fourth-order valence-electron chi connectivity index (χ4n) is 2.24. The molecule has 1 fully saturated rings. The number of nitrogens with one attached hydrogen (secondary N) is 1. The van der Waals surface area contributed by atoms with E-state index in [0.717, 1.165) is 25.7 Å². The summed E-state index contributed by atoms with van der Waals surface area (Å²) in [4.78, 5) is 8.16.